The van der Waals surface area contributed by atoms with Gasteiger partial charge in [-0.25, -0.2) is 0 Å². The Morgan fingerprint density at radius 3 is 1.61 bits per heavy atom. The van der Waals surface area contributed by atoms with E-state index in [-0.39, 0.29) is 5.78 Å². The fourth-order valence-corrected chi connectivity index (χ4v) is 3.53. The van der Waals surface area contributed by atoms with Crippen molar-refractivity contribution >= 4 is 5.78 Å². The van der Waals surface area contributed by atoms with Crippen molar-refractivity contribution in [1.82, 2.24) is 9.80 Å². The molecule has 1 fully saturated rings. The molecule has 0 bridgehead atoms. The minimum Gasteiger partial charge on any atom is -0.301 e. The Morgan fingerprint density at radius 1 is 0.821 bits per heavy atom. The summed E-state index contributed by atoms with van der Waals surface area (Å²) in [5.74, 6) is 0.167. The van der Waals surface area contributed by atoms with E-state index in [4.69, 9.17) is 0 Å². The van der Waals surface area contributed by atoms with Crippen LogP contribution in [0.4, 0.5) is 0 Å². The van der Waals surface area contributed by atoms with Crippen LogP contribution in [0.5, 0.6) is 0 Å². The molecular formula is C25H38N2O. The predicted molar refractivity (Wildman–Crippen MR) is 121 cm³/mol. The highest BCUT2D eigenvalue weighted by atomic mass is 16.1. The second kappa shape index (κ2) is 12.5. The second-order valence-electron chi connectivity index (χ2n) is 7.47. The van der Waals surface area contributed by atoms with Gasteiger partial charge in [0.2, 0.25) is 0 Å². The lowest BCUT2D eigenvalue weighted by atomic mass is 9.94. The first-order chi connectivity index (χ1) is 13.4. The lowest BCUT2D eigenvalue weighted by molar-refractivity contribution is -0.114. The molecular weight excluding hydrogens is 344 g/mol. The summed E-state index contributed by atoms with van der Waals surface area (Å²) in [4.78, 5) is 14.6. The topological polar surface area (TPSA) is 23.6 Å². The van der Waals surface area contributed by atoms with Crippen molar-refractivity contribution in [1.29, 1.82) is 0 Å². The third kappa shape index (κ3) is 7.21. The predicted octanol–water partition coefficient (Wildman–Crippen LogP) is 5.42. The van der Waals surface area contributed by atoms with E-state index in [1.54, 1.807) is 0 Å². The average Bonchev–Trinajstić information content (AvgIpc) is 2.69. The Balaban J connectivity index is 0.000000583. The van der Waals surface area contributed by atoms with Gasteiger partial charge in [-0.1, -0.05) is 74.5 Å². The van der Waals surface area contributed by atoms with Crippen LogP contribution in [0, 0.1) is 0 Å². The van der Waals surface area contributed by atoms with Crippen LogP contribution in [-0.4, -0.2) is 47.8 Å². The van der Waals surface area contributed by atoms with Crippen LogP contribution < -0.4 is 0 Å². The number of nitrogens with zero attached hydrogens (tertiary/aromatic N) is 2. The van der Waals surface area contributed by atoms with E-state index >= 15 is 0 Å². The molecule has 1 heterocycles. The Hall–Kier alpha value is -1.97. The van der Waals surface area contributed by atoms with Crippen LogP contribution >= 0.6 is 0 Å². The number of piperazine rings is 1. The highest BCUT2D eigenvalue weighted by Crippen LogP contribution is 2.32. The number of carbonyl (C=O) groups excluding carboxylic acids is 1. The zero-order chi connectivity index (χ0) is 21.1. The summed E-state index contributed by atoms with van der Waals surface area (Å²) in [7, 11) is 2.23. The van der Waals surface area contributed by atoms with Gasteiger partial charge < -0.3 is 9.69 Å². The van der Waals surface area contributed by atoms with Crippen molar-refractivity contribution in [3.8, 4) is 0 Å². The molecule has 0 aliphatic carbocycles. The first-order valence-corrected chi connectivity index (χ1v) is 10.4. The second-order valence-corrected chi connectivity index (χ2v) is 7.47. The van der Waals surface area contributed by atoms with E-state index in [1.807, 2.05) is 13.8 Å². The van der Waals surface area contributed by atoms with E-state index in [2.05, 4.69) is 91.4 Å². The minimum atomic E-state index is 0.167. The molecule has 0 radical (unpaired) electrons. The molecule has 0 amide bonds. The third-order valence-corrected chi connectivity index (χ3v) is 4.91. The molecule has 1 aliphatic heterocycles. The minimum absolute atomic E-state index is 0.167. The molecule has 2 unspecified atom stereocenters. The summed E-state index contributed by atoms with van der Waals surface area (Å²) in [5.41, 5.74) is 2.77. The fourth-order valence-electron chi connectivity index (χ4n) is 3.53. The Kier molecular flexibility index (Phi) is 10.7. The SMILES string of the molecule is CC.CC(C)=O.CC1CN(C(c2ccccc2)c2ccccc2)C(C)CN1C. The van der Waals surface area contributed by atoms with Gasteiger partial charge in [-0.05, 0) is 45.9 Å². The average molecular weight is 383 g/mol. The van der Waals surface area contributed by atoms with Crippen LogP contribution in [-0.2, 0) is 4.79 Å². The quantitative estimate of drug-likeness (QED) is 0.708. The first-order valence-electron chi connectivity index (χ1n) is 10.4. The fraction of sp³-hybridized carbons (Fsp3) is 0.480. The Morgan fingerprint density at radius 2 is 1.21 bits per heavy atom. The maximum atomic E-state index is 9.44. The summed E-state index contributed by atoms with van der Waals surface area (Å²) in [5, 5.41) is 0. The maximum Gasteiger partial charge on any atom is 0.126 e. The van der Waals surface area contributed by atoms with Gasteiger partial charge in [0.05, 0.1) is 6.04 Å². The number of rotatable bonds is 3. The van der Waals surface area contributed by atoms with Gasteiger partial charge in [-0.15, -0.1) is 0 Å². The highest BCUT2D eigenvalue weighted by molar-refractivity contribution is 5.72. The number of benzene rings is 2. The van der Waals surface area contributed by atoms with Crippen LogP contribution in [0.25, 0.3) is 0 Å². The van der Waals surface area contributed by atoms with Crippen molar-refractivity contribution in [2.75, 3.05) is 20.1 Å². The summed E-state index contributed by atoms with van der Waals surface area (Å²) < 4.78 is 0. The largest absolute Gasteiger partial charge is 0.301 e. The molecule has 2 aromatic rings. The molecule has 2 aromatic carbocycles. The van der Waals surface area contributed by atoms with E-state index in [0.717, 1.165) is 13.1 Å². The van der Waals surface area contributed by atoms with E-state index in [0.29, 0.717) is 18.1 Å². The van der Waals surface area contributed by atoms with Crippen molar-refractivity contribution in [3.63, 3.8) is 0 Å². The molecule has 0 spiro atoms. The molecule has 0 saturated carbocycles. The molecule has 1 aliphatic rings. The van der Waals surface area contributed by atoms with E-state index in [1.165, 1.54) is 25.0 Å². The molecule has 3 rings (SSSR count). The normalized spacial score (nSPS) is 19.9. The van der Waals surface area contributed by atoms with Crippen LogP contribution in [0.3, 0.4) is 0 Å². The molecule has 28 heavy (non-hydrogen) atoms. The number of ketones is 1. The zero-order valence-corrected chi connectivity index (χ0v) is 18.7. The summed E-state index contributed by atoms with van der Waals surface area (Å²) in [6.45, 7) is 14.0. The van der Waals surface area contributed by atoms with Crippen molar-refractivity contribution in [3.05, 3.63) is 71.8 Å². The van der Waals surface area contributed by atoms with Gasteiger partial charge in [0.25, 0.3) is 0 Å². The molecule has 0 aromatic heterocycles. The van der Waals surface area contributed by atoms with Gasteiger partial charge in [0, 0.05) is 25.2 Å². The number of hydrogen-bond donors (Lipinski definition) is 0. The van der Waals surface area contributed by atoms with Crippen LogP contribution in [0.2, 0.25) is 0 Å². The summed E-state index contributed by atoms with van der Waals surface area (Å²) in [6, 6.07) is 23.3. The molecule has 154 valence electrons. The number of hydrogen-bond acceptors (Lipinski definition) is 3. The van der Waals surface area contributed by atoms with Gasteiger partial charge in [-0.3, -0.25) is 4.90 Å². The van der Waals surface area contributed by atoms with Crippen LogP contribution in [0.1, 0.15) is 58.7 Å². The van der Waals surface area contributed by atoms with E-state index in [9.17, 15) is 4.79 Å². The van der Waals surface area contributed by atoms with E-state index < -0.39 is 0 Å². The van der Waals surface area contributed by atoms with Crippen LogP contribution in [0.15, 0.2) is 60.7 Å². The van der Waals surface area contributed by atoms with Crippen molar-refractivity contribution in [2.45, 2.75) is 59.7 Å². The number of likely N-dealkylation sites (N-methyl/N-ethyl adjacent to an activating group) is 1. The van der Waals surface area contributed by atoms with Gasteiger partial charge in [0.1, 0.15) is 5.78 Å². The maximum absolute atomic E-state index is 9.44. The smallest absolute Gasteiger partial charge is 0.126 e. The third-order valence-electron chi connectivity index (χ3n) is 4.91. The van der Waals surface area contributed by atoms with Gasteiger partial charge in [0.15, 0.2) is 0 Å². The molecule has 3 heteroatoms. The van der Waals surface area contributed by atoms with Crippen molar-refractivity contribution < 1.29 is 4.79 Å². The zero-order valence-electron chi connectivity index (χ0n) is 18.7. The van der Waals surface area contributed by atoms with Gasteiger partial charge >= 0.3 is 0 Å². The molecule has 2 atom stereocenters. The highest BCUT2D eigenvalue weighted by Gasteiger charge is 2.33. The lowest BCUT2D eigenvalue weighted by Crippen LogP contribution is -2.55. The number of Topliss-reactive ketones (excluding diaryl/α,β-unsaturated/α-hetero) is 1. The summed E-state index contributed by atoms with van der Waals surface area (Å²) >= 11 is 0. The molecule has 1 saturated heterocycles. The standard InChI is InChI=1S/C20H26N2.C3H6O.C2H6/c1-16-15-22(17(2)14-21(16)3)20(18-10-6-4-7-11-18)19-12-8-5-9-13-19;1-3(2)4;1-2/h4-13,16-17,20H,14-15H2,1-3H3;1-2H3;1-2H3. The summed E-state index contributed by atoms with van der Waals surface area (Å²) in [6.07, 6.45) is 0. The Bertz CT molecular complexity index is 628. The lowest BCUT2D eigenvalue weighted by Gasteiger charge is -2.46. The first kappa shape index (κ1) is 24.1. The molecule has 3 nitrogen and oxygen atoms in total. The van der Waals surface area contributed by atoms with Crippen molar-refractivity contribution in [2.24, 2.45) is 0 Å². The van der Waals surface area contributed by atoms with Gasteiger partial charge in [-0.2, -0.15) is 0 Å². The monoisotopic (exact) mass is 382 g/mol. The Labute approximate surface area is 172 Å². The molecule has 0 N–H and O–H groups in total. The number of carbonyl (C=O) groups is 1.